The van der Waals surface area contributed by atoms with Crippen LogP contribution in [0.25, 0.3) is 0 Å². The Balaban J connectivity index is 1.46. The second-order valence-electron chi connectivity index (χ2n) is 7.71. The molecule has 2 heterocycles. The molecule has 0 radical (unpaired) electrons. The summed E-state index contributed by atoms with van der Waals surface area (Å²) < 4.78 is 0. The van der Waals surface area contributed by atoms with Crippen LogP contribution in [0.5, 0.6) is 0 Å². The number of hydrogen-bond acceptors (Lipinski definition) is 3. The highest BCUT2D eigenvalue weighted by molar-refractivity contribution is 5.88. The number of nitrogens with one attached hydrogen (secondary N) is 1. The molecule has 1 aliphatic carbocycles. The molecule has 3 N–H and O–H groups in total. The van der Waals surface area contributed by atoms with Gasteiger partial charge in [0.2, 0.25) is 11.8 Å². The Bertz CT molecular complexity index is 508. The quantitative estimate of drug-likeness (QED) is 0.749. The van der Waals surface area contributed by atoms with Gasteiger partial charge >= 0.3 is 6.03 Å². The maximum Gasteiger partial charge on any atom is 0.317 e. The first kappa shape index (κ1) is 18.0. The van der Waals surface area contributed by atoms with Crippen LogP contribution in [0.15, 0.2) is 0 Å². The summed E-state index contributed by atoms with van der Waals surface area (Å²) in [6.07, 6.45) is 8.89. The zero-order valence-corrected chi connectivity index (χ0v) is 14.9. The Morgan fingerprint density at radius 2 is 1.64 bits per heavy atom. The third-order valence-corrected chi connectivity index (χ3v) is 5.94. The van der Waals surface area contributed by atoms with Crippen molar-refractivity contribution < 1.29 is 14.4 Å². The molecule has 1 saturated carbocycles. The van der Waals surface area contributed by atoms with Crippen LogP contribution in [0.4, 0.5) is 4.79 Å². The Hall–Kier alpha value is -1.79. The lowest BCUT2D eigenvalue weighted by Crippen LogP contribution is -2.51. The molecule has 0 aromatic rings. The molecule has 25 heavy (non-hydrogen) atoms. The van der Waals surface area contributed by atoms with Gasteiger partial charge in [-0.05, 0) is 25.7 Å². The maximum absolute atomic E-state index is 12.5. The molecule has 140 valence electrons. The van der Waals surface area contributed by atoms with Gasteiger partial charge < -0.3 is 20.9 Å². The van der Waals surface area contributed by atoms with Crippen molar-refractivity contribution in [3.05, 3.63) is 0 Å². The number of hydrogen-bond donors (Lipinski definition) is 2. The average molecular weight is 350 g/mol. The van der Waals surface area contributed by atoms with Gasteiger partial charge in [0, 0.05) is 38.1 Å². The highest BCUT2D eigenvalue weighted by atomic mass is 16.2. The number of likely N-dealkylation sites (tertiary alicyclic amines) is 2. The number of nitrogens with zero attached hydrogens (tertiary/aromatic N) is 2. The van der Waals surface area contributed by atoms with E-state index in [1.165, 1.54) is 25.7 Å². The lowest BCUT2D eigenvalue weighted by Gasteiger charge is -2.37. The predicted octanol–water partition coefficient (Wildman–Crippen LogP) is 1.22. The van der Waals surface area contributed by atoms with Gasteiger partial charge in [0.25, 0.3) is 0 Å². The van der Waals surface area contributed by atoms with Crippen LogP contribution in [-0.2, 0) is 9.59 Å². The van der Waals surface area contributed by atoms with E-state index in [1.807, 2.05) is 4.90 Å². The summed E-state index contributed by atoms with van der Waals surface area (Å²) in [6.45, 7) is 1.76. The predicted molar refractivity (Wildman–Crippen MR) is 93.6 cm³/mol. The van der Waals surface area contributed by atoms with Crippen molar-refractivity contribution >= 4 is 17.8 Å². The maximum atomic E-state index is 12.5. The van der Waals surface area contributed by atoms with Gasteiger partial charge in [0.1, 0.15) is 0 Å². The number of primary amides is 1. The summed E-state index contributed by atoms with van der Waals surface area (Å²) in [6, 6.07) is 0.469. The fourth-order valence-corrected chi connectivity index (χ4v) is 4.35. The van der Waals surface area contributed by atoms with E-state index in [1.54, 1.807) is 4.90 Å². The van der Waals surface area contributed by atoms with E-state index in [4.69, 9.17) is 5.73 Å². The molecule has 3 rings (SSSR count). The second-order valence-corrected chi connectivity index (χ2v) is 7.71. The van der Waals surface area contributed by atoms with Gasteiger partial charge in [0.05, 0.1) is 5.92 Å². The van der Waals surface area contributed by atoms with E-state index < -0.39 is 5.91 Å². The van der Waals surface area contributed by atoms with Gasteiger partial charge in [0.15, 0.2) is 0 Å². The number of rotatable bonds is 3. The highest BCUT2D eigenvalue weighted by Gasteiger charge is 2.38. The second kappa shape index (κ2) is 8.06. The van der Waals surface area contributed by atoms with Crippen molar-refractivity contribution in [3.63, 3.8) is 0 Å². The van der Waals surface area contributed by atoms with E-state index in [-0.39, 0.29) is 30.3 Å². The Labute approximate surface area is 149 Å². The Morgan fingerprint density at radius 1 is 1.00 bits per heavy atom. The first-order chi connectivity index (χ1) is 12.0. The van der Waals surface area contributed by atoms with Gasteiger partial charge in [-0.2, -0.15) is 0 Å². The van der Waals surface area contributed by atoms with E-state index in [2.05, 4.69) is 5.32 Å². The molecule has 1 unspecified atom stereocenters. The molecule has 0 aromatic heterocycles. The first-order valence-electron chi connectivity index (χ1n) is 9.69. The summed E-state index contributed by atoms with van der Waals surface area (Å²) in [5.41, 5.74) is 5.33. The van der Waals surface area contributed by atoms with Crippen molar-refractivity contribution in [2.24, 2.45) is 11.7 Å². The third kappa shape index (κ3) is 4.44. The van der Waals surface area contributed by atoms with Crippen LogP contribution in [0, 0.1) is 5.92 Å². The number of urea groups is 1. The molecule has 7 heteroatoms. The molecule has 3 fully saturated rings. The summed E-state index contributed by atoms with van der Waals surface area (Å²) in [5, 5.41) is 3.19. The summed E-state index contributed by atoms with van der Waals surface area (Å²) >= 11 is 0. The molecule has 3 aliphatic rings. The SMILES string of the molecule is NC(=O)C1CC(=O)N(C2CCN(C(=O)NC3CCCCCC3)CC2)C1. The van der Waals surface area contributed by atoms with Crippen LogP contribution in [0.1, 0.15) is 57.8 Å². The molecule has 2 aliphatic heterocycles. The average Bonchev–Trinajstić information content (AvgIpc) is 2.81. The van der Waals surface area contributed by atoms with Crippen LogP contribution >= 0.6 is 0 Å². The van der Waals surface area contributed by atoms with Gasteiger partial charge in [-0.3, -0.25) is 9.59 Å². The van der Waals surface area contributed by atoms with E-state index in [0.717, 1.165) is 25.7 Å². The zero-order valence-electron chi connectivity index (χ0n) is 14.9. The largest absolute Gasteiger partial charge is 0.369 e. The van der Waals surface area contributed by atoms with E-state index in [0.29, 0.717) is 25.7 Å². The first-order valence-corrected chi connectivity index (χ1v) is 9.69. The van der Waals surface area contributed by atoms with E-state index in [9.17, 15) is 14.4 Å². The van der Waals surface area contributed by atoms with Crippen molar-refractivity contribution in [2.75, 3.05) is 19.6 Å². The van der Waals surface area contributed by atoms with Crippen molar-refractivity contribution in [1.29, 1.82) is 0 Å². The zero-order chi connectivity index (χ0) is 17.8. The monoisotopic (exact) mass is 350 g/mol. The topological polar surface area (TPSA) is 95.7 Å². The standard InChI is InChI=1S/C18H30N4O3/c19-17(24)13-11-16(23)22(12-13)15-7-9-21(10-8-15)18(25)20-14-5-3-1-2-4-6-14/h13-15H,1-12H2,(H2,19,24)(H,20,25). The van der Waals surface area contributed by atoms with Crippen molar-refractivity contribution in [2.45, 2.75) is 69.9 Å². The van der Waals surface area contributed by atoms with Gasteiger partial charge in [-0.25, -0.2) is 4.79 Å². The summed E-state index contributed by atoms with van der Waals surface area (Å²) in [7, 11) is 0. The fraction of sp³-hybridized carbons (Fsp3) is 0.833. The minimum absolute atomic E-state index is 0.0187. The lowest BCUT2D eigenvalue weighted by atomic mass is 10.0. The molecule has 4 amide bonds. The smallest absolute Gasteiger partial charge is 0.317 e. The molecule has 0 bridgehead atoms. The highest BCUT2D eigenvalue weighted by Crippen LogP contribution is 2.25. The van der Waals surface area contributed by atoms with Crippen LogP contribution < -0.4 is 11.1 Å². The number of amides is 4. The van der Waals surface area contributed by atoms with Gasteiger partial charge in [-0.15, -0.1) is 0 Å². The number of carbonyl (C=O) groups is 3. The van der Waals surface area contributed by atoms with Gasteiger partial charge in [-0.1, -0.05) is 25.7 Å². The van der Waals surface area contributed by atoms with Crippen LogP contribution in [0.2, 0.25) is 0 Å². The number of piperidine rings is 1. The summed E-state index contributed by atoms with van der Waals surface area (Å²) in [4.78, 5) is 39.6. The van der Waals surface area contributed by atoms with E-state index >= 15 is 0 Å². The van der Waals surface area contributed by atoms with Crippen LogP contribution in [-0.4, -0.2) is 59.4 Å². The fourth-order valence-electron chi connectivity index (χ4n) is 4.35. The molecule has 7 nitrogen and oxygen atoms in total. The van der Waals surface area contributed by atoms with Crippen LogP contribution in [0.3, 0.4) is 0 Å². The third-order valence-electron chi connectivity index (χ3n) is 5.94. The minimum Gasteiger partial charge on any atom is -0.369 e. The number of nitrogens with two attached hydrogens (primary N) is 1. The summed E-state index contributed by atoms with van der Waals surface area (Å²) in [5.74, 6) is -0.731. The Kier molecular flexibility index (Phi) is 5.81. The molecular weight excluding hydrogens is 320 g/mol. The normalized spacial score (nSPS) is 26.6. The molecular formula is C18H30N4O3. The minimum atomic E-state index is -0.393. The lowest BCUT2D eigenvalue weighted by molar-refractivity contribution is -0.130. The molecule has 1 atom stereocenters. The Morgan fingerprint density at radius 3 is 2.20 bits per heavy atom. The molecule has 0 aromatic carbocycles. The molecule has 0 spiro atoms. The van der Waals surface area contributed by atoms with Crippen molar-refractivity contribution in [3.8, 4) is 0 Å². The van der Waals surface area contributed by atoms with Crippen molar-refractivity contribution in [1.82, 2.24) is 15.1 Å². The number of carbonyl (C=O) groups excluding carboxylic acids is 3. The molecule has 2 saturated heterocycles.